The number of amides is 1. The summed E-state index contributed by atoms with van der Waals surface area (Å²) in [5.74, 6) is 0.247. The van der Waals surface area contributed by atoms with Crippen LogP contribution in [0.5, 0.6) is 0 Å². The molecule has 98 valence electrons. The van der Waals surface area contributed by atoms with Crippen LogP contribution in [0.2, 0.25) is 0 Å². The summed E-state index contributed by atoms with van der Waals surface area (Å²) in [5, 5.41) is 0. The number of anilines is 1. The summed E-state index contributed by atoms with van der Waals surface area (Å²) in [6.07, 6.45) is 6.57. The quantitative estimate of drug-likeness (QED) is 0.823. The number of carbonyl (C=O) groups excluding carboxylic acids is 1. The highest BCUT2D eigenvalue weighted by atomic mass is 16.2. The Labute approximate surface area is 113 Å². The molecule has 1 amide bonds. The van der Waals surface area contributed by atoms with Gasteiger partial charge in [0.05, 0.1) is 0 Å². The average molecular weight is 254 g/mol. The van der Waals surface area contributed by atoms with Crippen LogP contribution in [0.4, 0.5) is 5.69 Å². The molecular formula is C16H18N2O. The maximum absolute atomic E-state index is 12.3. The Hall–Kier alpha value is -2.03. The lowest BCUT2D eigenvalue weighted by Crippen LogP contribution is -2.28. The highest BCUT2D eigenvalue weighted by molar-refractivity contribution is 5.95. The van der Waals surface area contributed by atoms with E-state index in [1.54, 1.807) is 0 Å². The Kier molecular flexibility index (Phi) is 3.36. The van der Waals surface area contributed by atoms with Crippen molar-refractivity contribution in [3.05, 3.63) is 54.4 Å². The van der Waals surface area contributed by atoms with Crippen LogP contribution in [0.15, 0.2) is 48.8 Å². The van der Waals surface area contributed by atoms with Gasteiger partial charge in [-0.15, -0.1) is 0 Å². The van der Waals surface area contributed by atoms with E-state index >= 15 is 0 Å². The van der Waals surface area contributed by atoms with Crippen LogP contribution in [0.25, 0.3) is 0 Å². The van der Waals surface area contributed by atoms with Crippen molar-refractivity contribution in [1.82, 2.24) is 4.57 Å². The number of aromatic nitrogens is 1. The van der Waals surface area contributed by atoms with Crippen molar-refractivity contribution in [2.24, 2.45) is 0 Å². The molecule has 0 atom stereocenters. The fourth-order valence-corrected chi connectivity index (χ4v) is 2.66. The lowest BCUT2D eigenvalue weighted by Gasteiger charge is -2.17. The monoisotopic (exact) mass is 254 g/mol. The number of nitrogens with zero attached hydrogens (tertiary/aromatic N) is 2. The van der Waals surface area contributed by atoms with Crippen molar-refractivity contribution in [3.63, 3.8) is 0 Å². The third-order valence-corrected chi connectivity index (χ3v) is 3.66. The van der Waals surface area contributed by atoms with E-state index in [9.17, 15) is 4.79 Å². The summed E-state index contributed by atoms with van der Waals surface area (Å²) in [6.45, 7) is 1.75. The van der Waals surface area contributed by atoms with Crippen molar-refractivity contribution in [2.45, 2.75) is 25.8 Å². The minimum atomic E-state index is 0.247. The Morgan fingerprint density at radius 2 is 1.89 bits per heavy atom. The number of rotatable bonds is 4. The van der Waals surface area contributed by atoms with Crippen LogP contribution in [0.1, 0.15) is 18.4 Å². The molecule has 0 N–H and O–H groups in total. The third kappa shape index (κ3) is 2.55. The standard InChI is InChI=1S/C16H18N2O/c19-16(8-5-12-17-10-3-4-11-17)18-13-9-14-6-1-2-7-15(14)18/h1-4,6-7,10-11H,5,8-9,12-13H2. The number of para-hydroxylation sites is 1. The molecule has 2 aromatic rings. The Morgan fingerprint density at radius 1 is 1.11 bits per heavy atom. The lowest BCUT2D eigenvalue weighted by atomic mass is 10.2. The molecule has 0 aliphatic carbocycles. The first-order chi connectivity index (χ1) is 9.34. The van der Waals surface area contributed by atoms with Crippen molar-refractivity contribution in [3.8, 4) is 0 Å². The first kappa shape index (κ1) is 12.0. The zero-order chi connectivity index (χ0) is 13.1. The second-order valence-corrected chi connectivity index (χ2v) is 4.95. The second kappa shape index (κ2) is 5.31. The fourth-order valence-electron chi connectivity index (χ4n) is 2.66. The molecule has 2 heterocycles. The SMILES string of the molecule is O=C(CCCn1cccc1)N1CCc2ccccc21. The molecule has 0 bridgehead atoms. The van der Waals surface area contributed by atoms with Gasteiger partial charge in [-0.2, -0.15) is 0 Å². The van der Waals surface area contributed by atoms with Gasteiger partial charge in [0.25, 0.3) is 0 Å². The number of hydrogen-bond donors (Lipinski definition) is 0. The molecule has 3 nitrogen and oxygen atoms in total. The van der Waals surface area contributed by atoms with E-state index < -0.39 is 0 Å². The van der Waals surface area contributed by atoms with Gasteiger partial charge in [-0.25, -0.2) is 0 Å². The van der Waals surface area contributed by atoms with Gasteiger partial charge in [-0.3, -0.25) is 4.79 Å². The normalized spacial score (nSPS) is 13.6. The largest absolute Gasteiger partial charge is 0.354 e. The van der Waals surface area contributed by atoms with E-state index in [1.165, 1.54) is 5.56 Å². The van der Waals surface area contributed by atoms with Gasteiger partial charge in [-0.05, 0) is 36.6 Å². The van der Waals surface area contributed by atoms with E-state index in [1.807, 2.05) is 47.6 Å². The van der Waals surface area contributed by atoms with Gasteiger partial charge in [0.1, 0.15) is 0 Å². The minimum Gasteiger partial charge on any atom is -0.354 e. The molecule has 0 saturated heterocycles. The van der Waals surface area contributed by atoms with Gasteiger partial charge < -0.3 is 9.47 Å². The van der Waals surface area contributed by atoms with Crippen molar-refractivity contribution in [2.75, 3.05) is 11.4 Å². The summed E-state index contributed by atoms with van der Waals surface area (Å²) < 4.78 is 2.12. The van der Waals surface area contributed by atoms with E-state index in [4.69, 9.17) is 0 Å². The minimum absolute atomic E-state index is 0.247. The molecular weight excluding hydrogens is 236 g/mol. The van der Waals surface area contributed by atoms with Crippen LogP contribution in [0, 0.1) is 0 Å². The predicted octanol–water partition coefficient (Wildman–Crippen LogP) is 2.86. The Balaban J connectivity index is 1.57. The Bertz CT molecular complexity index is 560. The summed E-state index contributed by atoms with van der Waals surface area (Å²) >= 11 is 0. The average Bonchev–Trinajstić information content (AvgIpc) is 3.07. The molecule has 3 heteroatoms. The third-order valence-electron chi connectivity index (χ3n) is 3.66. The summed E-state index contributed by atoms with van der Waals surface area (Å²) in [6, 6.07) is 12.2. The molecule has 0 unspecified atom stereocenters. The molecule has 0 saturated carbocycles. The van der Waals surface area contributed by atoms with Crippen LogP contribution in [-0.2, 0) is 17.8 Å². The van der Waals surface area contributed by atoms with Crippen molar-refractivity contribution < 1.29 is 4.79 Å². The van der Waals surface area contributed by atoms with Gasteiger partial charge in [0.2, 0.25) is 5.91 Å². The summed E-state index contributed by atoms with van der Waals surface area (Å²) in [7, 11) is 0. The predicted molar refractivity (Wildman–Crippen MR) is 76.2 cm³/mol. The van der Waals surface area contributed by atoms with Crippen LogP contribution in [0.3, 0.4) is 0 Å². The highest BCUT2D eigenvalue weighted by Crippen LogP contribution is 2.28. The topological polar surface area (TPSA) is 25.2 Å². The van der Waals surface area contributed by atoms with Crippen molar-refractivity contribution >= 4 is 11.6 Å². The first-order valence-electron chi connectivity index (χ1n) is 6.83. The molecule has 1 aliphatic rings. The van der Waals surface area contributed by atoms with Gasteiger partial charge in [-0.1, -0.05) is 18.2 Å². The molecule has 1 aliphatic heterocycles. The second-order valence-electron chi connectivity index (χ2n) is 4.95. The van der Waals surface area contributed by atoms with Gasteiger partial charge in [0.15, 0.2) is 0 Å². The van der Waals surface area contributed by atoms with Crippen LogP contribution in [-0.4, -0.2) is 17.0 Å². The van der Waals surface area contributed by atoms with Gasteiger partial charge >= 0.3 is 0 Å². The molecule has 1 aromatic carbocycles. The number of benzene rings is 1. The Morgan fingerprint density at radius 3 is 2.74 bits per heavy atom. The first-order valence-corrected chi connectivity index (χ1v) is 6.83. The fraction of sp³-hybridized carbons (Fsp3) is 0.312. The van der Waals surface area contributed by atoms with Crippen LogP contribution >= 0.6 is 0 Å². The molecule has 0 radical (unpaired) electrons. The van der Waals surface area contributed by atoms with E-state index in [-0.39, 0.29) is 5.91 Å². The smallest absolute Gasteiger partial charge is 0.227 e. The van der Waals surface area contributed by atoms with Gasteiger partial charge in [0, 0.05) is 37.6 Å². The van der Waals surface area contributed by atoms with E-state index in [2.05, 4.69) is 10.6 Å². The molecule has 3 rings (SSSR count). The number of aryl methyl sites for hydroxylation is 1. The number of fused-ring (bicyclic) bond motifs is 1. The number of carbonyl (C=O) groups is 1. The molecule has 0 fully saturated rings. The summed E-state index contributed by atoms with van der Waals surface area (Å²) in [5.41, 5.74) is 2.40. The molecule has 19 heavy (non-hydrogen) atoms. The maximum atomic E-state index is 12.3. The lowest BCUT2D eigenvalue weighted by molar-refractivity contribution is -0.118. The number of hydrogen-bond acceptors (Lipinski definition) is 1. The van der Waals surface area contributed by atoms with E-state index in [0.29, 0.717) is 6.42 Å². The maximum Gasteiger partial charge on any atom is 0.227 e. The molecule has 0 spiro atoms. The zero-order valence-electron chi connectivity index (χ0n) is 11.0. The molecule has 1 aromatic heterocycles. The van der Waals surface area contributed by atoms with Crippen LogP contribution < -0.4 is 4.90 Å². The van der Waals surface area contributed by atoms with E-state index in [0.717, 1.165) is 31.6 Å². The van der Waals surface area contributed by atoms with Crippen molar-refractivity contribution in [1.29, 1.82) is 0 Å². The highest BCUT2D eigenvalue weighted by Gasteiger charge is 2.23. The summed E-state index contributed by atoms with van der Waals surface area (Å²) in [4.78, 5) is 14.2. The zero-order valence-corrected chi connectivity index (χ0v) is 11.0.